The second kappa shape index (κ2) is 7.62. The van der Waals surface area contributed by atoms with Crippen molar-refractivity contribution in [2.24, 2.45) is 0 Å². The number of para-hydroxylation sites is 1. The van der Waals surface area contributed by atoms with Gasteiger partial charge in [-0.15, -0.1) is 0 Å². The fourth-order valence-electron chi connectivity index (χ4n) is 2.54. The van der Waals surface area contributed by atoms with E-state index in [0.717, 1.165) is 22.6 Å². The molecule has 1 atom stereocenters. The largest absolute Gasteiger partial charge is 0.468 e. The van der Waals surface area contributed by atoms with Crippen LogP contribution < -0.4 is 10.6 Å². The molecule has 2 aromatic carbocycles. The van der Waals surface area contributed by atoms with E-state index in [0.29, 0.717) is 0 Å². The van der Waals surface area contributed by atoms with Gasteiger partial charge >= 0.3 is 0 Å². The smallest absolute Gasteiger partial charge is 0.238 e. The highest BCUT2D eigenvalue weighted by molar-refractivity contribution is 5.96. The molecule has 2 N–H and O–H groups in total. The number of rotatable bonds is 6. The molecule has 0 unspecified atom stereocenters. The summed E-state index contributed by atoms with van der Waals surface area (Å²) in [5.41, 5.74) is 2.89. The number of carbonyl (C=O) groups excluding carboxylic acids is 1. The van der Waals surface area contributed by atoms with Gasteiger partial charge in [0.2, 0.25) is 5.91 Å². The van der Waals surface area contributed by atoms with Crippen molar-refractivity contribution in [2.45, 2.75) is 13.0 Å². The molecule has 0 aliphatic carbocycles. The Balaban J connectivity index is 1.65. The summed E-state index contributed by atoms with van der Waals surface area (Å²) in [5.74, 6) is 0.726. The minimum absolute atomic E-state index is 0.0184. The molecule has 0 spiro atoms. The quantitative estimate of drug-likeness (QED) is 0.714. The van der Waals surface area contributed by atoms with Crippen molar-refractivity contribution in [1.29, 1.82) is 0 Å². The van der Waals surface area contributed by atoms with E-state index in [-0.39, 0.29) is 18.5 Å². The van der Waals surface area contributed by atoms with Gasteiger partial charge in [-0.05, 0) is 30.7 Å². The molecule has 0 radical (unpaired) electrons. The highest BCUT2D eigenvalue weighted by atomic mass is 16.3. The first kappa shape index (κ1) is 16.0. The number of hydrogen-bond acceptors (Lipinski definition) is 3. The van der Waals surface area contributed by atoms with Gasteiger partial charge in [-0.2, -0.15) is 0 Å². The minimum atomic E-state index is -0.0863. The highest BCUT2D eigenvalue weighted by Crippen LogP contribution is 2.27. The zero-order valence-corrected chi connectivity index (χ0v) is 13.5. The molecule has 1 aromatic heterocycles. The van der Waals surface area contributed by atoms with Gasteiger partial charge in [-0.3, -0.25) is 10.1 Å². The molecule has 122 valence electrons. The lowest BCUT2D eigenvalue weighted by Gasteiger charge is -2.14. The summed E-state index contributed by atoms with van der Waals surface area (Å²) in [4.78, 5) is 12.3. The van der Waals surface area contributed by atoms with Crippen molar-refractivity contribution < 1.29 is 9.21 Å². The van der Waals surface area contributed by atoms with E-state index in [2.05, 4.69) is 10.6 Å². The Bertz CT molecular complexity index is 782. The van der Waals surface area contributed by atoms with E-state index in [9.17, 15) is 4.79 Å². The summed E-state index contributed by atoms with van der Waals surface area (Å²) in [5, 5.41) is 6.14. The number of nitrogens with one attached hydrogen (secondary N) is 2. The molecule has 24 heavy (non-hydrogen) atoms. The SMILES string of the molecule is C[C@@H](NCC(=O)Nc1ccccc1-c1ccccc1)c1ccco1. The van der Waals surface area contributed by atoms with Crippen molar-refractivity contribution >= 4 is 11.6 Å². The van der Waals surface area contributed by atoms with Crippen LogP contribution in [0.3, 0.4) is 0 Å². The number of anilines is 1. The zero-order valence-electron chi connectivity index (χ0n) is 13.5. The fraction of sp³-hybridized carbons (Fsp3) is 0.150. The van der Waals surface area contributed by atoms with Crippen molar-refractivity contribution in [3.8, 4) is 11.1 Å². The van der Waals surface area contributed by atoms with Crippen molar-refractivity contribution in [2.75, 3.05) is 11.9 Å². The first-order chi connectivity index (χ1) is 11.7. The Morgan fingerprint density at radius 3 is 2.50 bits per heavy atom. The van der Waals surface area contributed by atoms with Gasteiger partial charge in [0, 0.05) is 11.3 Å². The van der Waals surface area contributed by atoms with E-state index < -0.39 is 0 Å². The Hall–Kier alpha value is -2.85. The molecule has 0 fully saturated rings. The fourth-order valence-corrected chi connectivity index (χ4v) is 2.54. The molecule has 1 heterocycles. The van der Waals surface area contributed by atoms with Crippen LogP contribution in [0.2, 0.25) is 0 Å². The van der Waals surface area contributed by atoms with Crippen molar-refractivity contribution in [3.63, 3.8) is 0 Å². The molecule has 0 aliphatic heterocycles. The average molecular weight is 320 g/mol. The van der Waals surface area contributed by atoms with Crippen LogP contribution in [-0.4, -0.2) is 12.5 Å². The Morgan fingerprint density at radius 2 is 1.75 bits per heavy atom. The highest BCUT2D eigenvalue weighted by Gasteiger charge is 2.11. The summed E-state index contributed by atoms with van der Waals surface area (Å²) >= 11 is 0. The molecule has 0 saturated carbocycles. The molecule has 4 heteroatoms. The normalized spacial score (nSPS) is 11.9. The van der Waals surface area contributed by atoms with Crippen LogP contribution in [0.15, 0.2) is 77.4 Å². The standard InChI is InChI=1S/C20H20N2O2/c1-15(19-12-7-13-24-19)21-14-20(23)22-18-11-6-5-10-17(18)16-8-3-2-4-9-16/h2-13,15,21H,14H2,1H3,(H,22,23)/t15-/m1/s1. The van der Waals surface area contributed by atoms with E-state index in [1.807, 2.05) is 73.7 Å². The maximum atomic E-state index is 12.3. The number of hydrogen-bond donors (Lipinski definition) is 2. The van der Waals surface area contributed by atoms with Gasteiger partial charge in [0.1, 0.15) is 5.76 Å². The summed E-state index contributed by atoms with van der Waals surface area (Å²) in [6.07, 6.45) is 1.63. The Kier molecular flexibility index (Phi) is 5.08. The van der Waals surface area contributed by atoms with E-state index in [4.69, 9.17) is 4.42 Å². The van der Waals surface area contributed by atoms with Crippen LogP contribution in [0.4, 0.5) is 5.69 Å². The van der Waals surface area contributed by atoms with Crippen molar-refractivity contribution in [1.82, 2.24) is 5.32 Å². The lowest BCUT2D eigenvalue weighted by molar-refractivity contribution is -0.115. The van der Waals surface area contributed by atoms with Gasteiger partial charge in [0.15, 0.2) is 0 Å². The predicted octanol–water partition coefficient (Wildman–Crippen LogP) is 4.24. The number of furan rings is 1. The molecular weight excluding hydrogens is 300 g/mol. The summed E-state index contributed by atoms with van der Waals surface area (Å²) < 4.78 is 5.33. The Labute approximate surface area is 141 Å². The van der Waals surface area contributed by atoms with E-state index in [1.54, 1.807) is 6.26 Å². The van der Waals surface area contributed by atoms with Gasteiger partial charge in [0.05, 0.1) is 18.8 Å². The monoisotopic (exact) mass is 320 g/mol. The molecule has 3 rings (SSSR count). The average Bonchev–Trinajstić information content (AvgIpc) is 3.16. The minimum Gasteiger partial charge on any atom is -0.468 e. The van der Waals surface area contributed by atoms with Crippen LogP contribution >= 0.6 is 0 Å². The maximum absolute atomic E-state index is 12.3. The summed E-state index contributed by atoms with van der Waals surface area (Å²) in [7, 11) is 0. The molecule has 0 saturated heterocycles. The third kappa shape index (κ3) is 3.91. The molecule has 3 aromatic rings. The number of benzene rings is 2. The van der Waals surface area contributed by atoms with Crippen LogP contribution in [0.1, 0.15) is 18.7 Å². The molecule has 0 bridgehead atoms. The predicted molar refractivity (Wildman–Crippen MR) is 95.6 cm³/mol. The third-order valence-corrected chi connectivity index (χ3v) is 3.82. The number of carbonyl (C=O) groups is 1. The summed E-state index contributed by atoms with van der Waals surface area (Å²) in [6, 6.07) is 21.5. The molecule has 0 aliphatic rings. The zero-order chi connectivity index (χ0) is 16.8. The Morgan fingerprint density at radius 1 is 1.00 bits per heavy atom. The third-order valence-electron chi connectivity index (χ3n) is 3.82. The van der Waals surface area contributed by atoms with E-state index in [1.165, 1.54) is 0 Å². The van der Waals surface area contributed by atoms with Crippen LogP contribution in [0, 0.1) is 0 Å². The van der Waals surface area contributed by atoms with Gasteiger partial charge < -0.3 is 9.73 Å². The second-order valence-corrected chi connectivity index (χ2v) is 5.58. The van der Waals surface area contributed by atoms with E-state index >= 15 is 0 Å². The maximum Gasteiger partial charge on any atom is 0.238 e. The first-order valence-electron chi connectivity index (χ1n) is 7.95. The molecule has 1 amide bonds. The van der Waals surface area contributed by atoms with Gasteiger partial charge in [-0.1, -0.05) is 48.5 Å². The van der Waals surface area contributed by atoms with Crippen LogP contribution in [-0.2, 0) is 4.79 Å². The summed E-state index contributed by atoms with van der Waals surface area (Å²) in [6.45, 7) is 2.18. The van der Waals surface area contributed by atoms with Crippen LogP contribution in [0.25, 0.3) is 11.1 Å². The van der Waals surface area contributed by atoms with Gasteiger partial charge in [-0.25, -0.2) is 0 Å². The lowest BCUT2D eigenvalue weighted by Crippen LogP contribution is -2.30. The number of amides is 1. The second-order valence-electron chi connectivity index (χ2n) is 5.58. The first-order valence-corrected chi connectivity index (χ1v) is 7.95. The molecular formula is C20H20N2O2. The topological polar surface area (TPSA) is 54.3 Å². The molecule has 4 nitrogen and oxygen atoms in total. The van der Waals surface area contributed by atoms with Crippen molar-refractivity contribution in [3.05, 3.63) is 78.8 Å². The van der Waals surface area contributed by atoms with Gasteiger partial charge in [0.25, 0.3) is 0 Å². The lowest BCUT2D eigenvalue weighted by atomic mass is 10.0. The van der Waals surface area contributed by atoms with Crippen LogP contribution in [0.5, 0.6) is 0 Å².